The number of nitrogens with zero attached hydrogens (tertiary/aromatic N) is 2. The third-order valence-corrected chi connectivity index (χ3v) is 17.2. The van der Waals surface area contributed by atoms with E-state index in [-0.39, 0.29) is 10.8 Å². The third-order valence-electron chi connectivity index (χ3n) is 17.2. The Hall–Kier alpha value is -9.24. The van der Waals surface area contributed by atoms with Gasteiger partial charge >= 0.3 is 0 Å². The van der Waals surface area contributed by atoms with E-state index in [1.807, 2.05) is 0 Å². The van der Waals surface area contributed by atoms with E-state index in [2.05, 4.69) is 292 Å². The van der Waals surface area contributed by atoms with Gasteiger partial charge in [-0.25, -0.2) is 0 Å². The van der Waals surface area contributed by atoms with Crippen LogP contribution < -0.4 is 0 Å². The van der Waals surface area contributed by atoms with E-state index in [0.29, 0.717) is 0 Å². The molecular weight excluding hydrogens is 917 g/mol. The summed E-state index contributed by atoms with van der Waals surface area (Å²) in [6, 6.07) is 90.3. The number of hydrogen-bond acceptors (Lipinski definition) is 0. The summed E-state index contributed by atoms with van der Waals surface area (Å²) in [7, 11) is 0. The van der Waals surface area contributed by atoms with Crippen molar-refractivity contribution in [1.82, 2.24) is 9.13 Å². The van der Waals surface area contributed by atoms with Gasteiger partial charge in [-0.1, -0.05) is 210 Å². The molecule has 2 aliphatic carbocycles. The molecule has 0 N–H and O–H groups in total. The van der Waals surface area contributed by atoms with Gasteiger partial charge < -0.3 is 9.13 Å². The summed E-state index contributed by atoms with van der Waals surface area (Å²) >= 11 is 0. The van der Waals surface area contributed by atoms with Gasteiger partial charge in [-0.15, -0.1) is 0 Å². The summed E-state index contributed by atoms with van der Waals surface area (Å²) in [4.78, 5) is 0. The van der Waals surface area contributed by atoms with Gasteiger partial charge in [0.15, 0.2) is 0 Å². The van der Waals surface area contributed by atoms with Crippen molar-refractivity contribution in [1.29, 1.82) is 0 Å². The predicted octanol–water partition coefficient (Wildman–Crippen LogP) is 19.7. The number of fused-ring (bicyclic) bond motifs is 12. The van der Waals surface area contributed by atoms with Gasteiger partial charge in [0, 0.05) is 43.7 Å². The van der Waals surface area contributed by atoms with Crippen LogP contribution in [0.2, 0.25) is 0 Å². The molecule has 2 nitrogen and oxygen atoms in total. The normalized spacial score (nSPS) is 13.9. The second-order valence-electron chi connectivity index (χ2n) is 22.1. The number of aromatic nitrogens is 2. The van der Waals surface area contributed by atoms with Crippen LogP contribution >= 0.6 is 0 Å². The van der Waals surface area contributed by atoms with Crippen LogP contribution in [0.25, 0.3) is 123 Å². The molecule has 2 heteroatoms. The zero-order valence-corrected chi connectivity index (χ0v) is 43.1. The van der Waals surface area contributed by atoms with Crippen molar-refractivity contribution in [2.24, 2.45) is 0 Å². The molecule has 0 radical (unpaired) electrons. The van der Waals surface area contributed by atoms with Gasteiger partial charge in [0.05, 0.1) is 22.1 Å². The summed E-state index contributed by atoms with van der Waals surface area (Å²) < 4.78 is 4.83. The average Bonchev–Trinajstić information content (AvgIpc) is 4.15. The Morgan fingerprint density at radius 1 is 0.263 bits per heavy atom. The molecule has 0 unspecified atom stereocenters. The largest absolute Gasteiger partial charge is 0.309 e. The highest BCUT2D eigenvalue weighted by atomic mass is 15.0. The lowest BCUT2D eigenvalue weighted by atomic mass is 9.81. The second-order valence-corrected chi connectivity index (χ2v) is 22.1. The van der Waals surface area contributed by atoms with Crippen LogP contribution in [0.15, 0.2) is 243 Å². The molecule has 0 aliphatic heterocycles. The Bertz CT molecular complexity index is 4540. The maximum Gasteiger partial charge on any atom is 0.0541 e. The van der Waals surface area contributed by atoms with Crippen molar-refractivity contribution in [3.63, 3.8) is 0 Å². The van der Waals surface area contributed by atoms with Crippen molar-refractivity contribution in [2.45, 2.75) is 38.5 Å². The van der Waals surface area contributed by atoms with Gasteiger partial charge in [-0.05, 0) is 162 Å². The summed E-state index contributed by atoms with van der Waals surface area (Å²) in [6.45, 7) is 9.51. The minimum atomic E-state index is -0.161. The molecule has 0 spiro atoms. The van der Waals surface area contributed by atoms with Crippen LogP contribution in [0.3, 0.4) is 0 Å². The molecule has 2 aliphatic rings. The first-order chi connectivity index (χ1) is 37.2. The molecule has 0 bridgehead atoms. The summed E-state index contributed by atoms with van der Waals surface area (Å²) in [5.74, 6) is 0. The molecule has 15 rings (SSSR count). The monoisotopic (exact) mass is 970 g/mol. The molecule has 0 fully saturated rings. The Morgan fingerprint density at radius 2 is 0.645 bits per heavy atom. The Balaban J connectivity index is 0.676. The van der Waals surface area contributed by atoms with E-state index in [1.165, 1.54) is 144 Å². The predicted molar refractivity (Wildman–Crippen MR) is 322 cm³/mol. The molecule has 0 saturated carbocycles. The number of benzene rings is 11. The van der Waals surface area contributed by atoms with Crippen LogP contribution in [0.4, 0.5) is 0 Å². The van der Waals surface area contributed by atoms with E-state index in [1.54, 1.807) is 0 Å². The van der Waals surface area contributed by atoms with Crippen molar-refractivity contribution < 1.29 is 0 Å². The smallest absolute Gasteiger partial charge is 0.0541 e. The summed E-state index contributed by atoms with van der Waals surface area (Å²) in [6.07, 6.45) is 4.43. The van der Waals surface area contributed by atoms with Crippen LogP contribution in [0, 0.1) is 0 Å². The maximum absolute atomic E-state index is 2.46. The van der Waals surface area contributed by atoms with E-state index in [9.17, 15) is 0 Å². The standard InChI is InChI=1S/C74H54N2/c1-73(2)65-19-11-8-16-57(65)60-39-36-56(46-68(60)73)76-70-21-13-10-18-62(70)64-43-52(35-41-72(64)76)54-33-38-59-58-37-32-53(44-66(58)74(3,4)67(59)45-54)50-30-26-48(27-31-50)23-22-47-24-28-49(29-25-47)51-34-40-71-63(42-51)61-17-9-12-20-69(61)75(71)55-14-6-5-7-15-55/h5-46H,1-4H3/b23-22+. The summed E-state index contributed by atoms with van der Waals surface area (Å²) in [5.41, 5.74) is 27.7. The van der Waals surface area contributed by atoms with Crippen LogP contribution in [0.1, 0.15) is 61.1 Å². The van der Waals surface area contributed by atoms with Gasteiger partial charge in [0.2, 0.25) is 0 Å². The van der Waals surface area contributed by atoms with Crippen molar-refractivity contribution in [3.05, 3.63) is 276 Å². The minimum Gasteiger partial charge on any atom is -0.309 e. The molecule has 0 saturated heterocycles. The molecule has 2 aromatic heterocycles. The second kappa shape index (κ2) is 16.6. The quantitative estimate of drug-likeness (QED) is 0.141. The highest BCUT2D eigenvalue weighted by Crippen LogP contribution is 2.52. The van der Waals surface area contributed by atoms with E-state index in [0.717, 1.165) is 0 Å². The van der Waals surface area contributed by atoms with Crippen LogP contribution in [-0.4, -0.2) is 9.13 Å². The highest BCUT2D eigenvalue weighted by Gasteiger charge is 2.37. The lowest BCUT2D eigenvalue weighted by Crippen LogP contribution is -2.15. The summed E-state index contributed by atoms with van der Waals surface area (Å²) in [5, 5.41) is 5.07. The van der Waals surface area contributed by atoms with Crippen LogP contribution in [0.5, 0.6) is 0 Å². The molecule has 0 atom stereocenters. The highest BCUT2D eigenvalue weighted by molar-refractivity contribution is 6.12. The lowest BCUT2D eigenvalue weighted by Gasteiger charge is -2.23. The lowest BCUT2D eigenvalue weighted by molar-refractivity contribution is 0.660. The fourth-order valence-corrected chi connectivity index (χ4v) is 13.1. The van der Waals surface area contributed by atoms with E-state index >= 15 is 0 Å². The van der Waals surface area contributed by atoms with Gasteiger partial charge in [0.25, 0.3) is 0 Å². The molecule has 0 amide bonds. The number of para-hydroxylation sites is 3. The van der Waals surface area contributed by atoms with E-state index < -0.39 is 0 Å². The van der Waals surface area contributed by atoms with Gasteiger partial charge in [0.1, 0.15) is 0 Å². The molecular formula is C74H54N2. The fourth-order valence-electron chi connectivity index (χ4n) is 13.1. The molecule has 2 heterocycles. The number of rotatable bonds is 7. The topological polar surface area (TPSA) is 9.86 Å². The SMILES string of the molecule is CC1(C)c2cc(-c3ccc(/C=C/c4ccc(-c5ccc6c(c5)c5ccccc5n6-c5ccccc5)cc4)cc3)ccc2-c2ccc(-c3ccc4c(c3)c3ccccc3n4-c3ccc4c(c3)C(C)(C)c3ccccc3-4)cc21. The molecule has 13 aromatic rings. The number of hydrogen-bond donors (Lipinski definition) is 0. The molecule has 76 heavy (non-hydrogen) atoms. The molecule has 11 aromatic carbocycles. The zero-order chi connectivity index (χ0) is 50.9. The van der Waals surface area contributed by atoms with Crippen LogP contribution in [-0.2, 0) is 10.8 Å². The van der Waals surface area contributed by atoms with Gasteiger partial charge in [-0.2, -0.15) is 0 Å². The van der Waals surface area contributed by atoms with Crippen molar-refractivity contribution in [3.8, 4) is 67.0 Å². The first kappa shape index (κ1) is 44.3. The molecule has 360 valence electrons. The maximum atomic E-state index is 2.46. The zero-order valence-electron chi connectivity index (χ0n) is 43.1. The van der Waals surface area contributed by atoms with Gasteiger partial charge in [-0.3, -0.25) is 0 Å². The van der Waals surface area contributed by atoms with Crippen molar-refractivity contribution >= 4 is 55.8 Å². The Labute approximate surface area is 444 Å². The third kappa shape index (κ3) is 6.73. The first-order valence-corrected chi connectivity index (χ1v) is 26.7. The fraction of sp³-hybridized carbons (Fsp3) is 0.0811. The first-order valence-electron chi connectivity index (χ1n) is 26.7. The van der Waals surface area contributed by atoms with Crippen molar-refractivity contribution in [2.75, 3.05) is 0 Å². The Morgan fingerprint density at radius 3 is 1.22 bits per heavy atom. The average molecular weight is 971 g/mol. The van der Waals surface area contributed by atoms with E-state index in [4.69, 9.17) is 0 Å². The minimum absolute atomic E-state index is 0.0651. The Kier molecular flexibility index (Phi) is 9.69.